The monoisotopic (exact) mass is 293 g/mol. The summed E-state index contributed by atoms with van der Waals surface area (Å²) in [5, 5.41) is 4.32. The first-order chi connectivity index (χ1) is 10.1. The number of hydrogen-bond donors (Lipinski definition) is 0. The van der Waals surface area contributed by atoms with Gasteiger partial charge in [0, 0.05) is 25.3 Å². The topological polar surface area (TPSA) is 64.4 Å². The van der Waals surface area contributed by atoms with Crippen molar-refractivity contribution < 1.29 is 14.3 Å². The van der Waals surface area contributed by atoms with E-state index in [0.29, 0.717) is 25.4 Å². The van der Waals surface area contributed by atoms with E-state index in [9.17, 15) is 9.59 Å². The number of piperidine rings is 1. The second-order valence-electron chi connectivity index (χ2n) is 5.33. The molecule has 0 saturated carbocycles. The minimum absolute atomic E-state index is 0.0979. The summed E-state index contributed by atoms with van der Waals surface area (Å²) < 4.78 is 6.86. The molecule has 1 aromatic rings. The molecule has 6 nitrogen and oxygen atoms in total. The van der Waals surface area contributed by atoms with E-state index in [1.54, 1.807) is 22.6 Å². The van der Waals surface area contributed by atoms with E-state index in [4.69, 9.17) is 4.74 Å². The molecule has 1 atom stereocenters. The lowest BCUT2D eigenvalue weighted by Gasteiger charge is -2.31. The largest absolute Gasteiger partial charge is 0.466 e. The molecular weight excluding hydrogens is 270 g/mol. The van der Waals surface area contributed by atoms with Gasteiger partial charge in [-0.3, -0.25) is 14.3 Å². The van der Waals surface area contributed by atoms with Gasteiger partial charge >= 0.3 is 5.97 Å². The Balaban J connectivity index is 2.06. The molecule has 0 spiro atoms. The van der Waals surface area contributed by atoms with Crippen molar-refractivity contribution in [1.82, 2.24) is 14.7 Å². The van der Waals surface area contributed by atoms with E-state index in [1.165, 1.54) is 0 Å². The molecule has 116 valence electrons. The van der Waals surface area contributed by atoms with Gasteiger partial charge in [0.2, 0.25) is 0 Å². The maximum atomic E-state index is 12.5. The minimum Gasteiger partial charge on any atom is -0.466 e. The first kappa shape index (κ1) is 15.5. The lowest BCUT2D eigenvalue weighted by molar-refractivity contribution is -0.149. The third-order valence-corrected chi connectivity index (χ3v) is 3.83. The van der Waals surface area contributed by atoms with E-state index in [2.05, 4.69) is 5.10 Å². The molecule has 21 heavy (non-hydrogen) atoms. The molecule has 2 heterocycles. The number of ether oxygens (including phenoxy) is 1. The zero-order chi connectivity index (χ0) is 15.4. The van der Waals surface area contributed by atoms with E-state index in [-0.39, 0.29) is 17.8 Å². The number of carbonyl (C=O) groups is 2. The predicted octanol–water partition coefficient (Wildman–Crippen LogP) is 1.63. The molecule has 1 unspecified atom stereocenters. The molecule has 1 fully saturated rings. The van der Waals surface area contributed by atoms with E-state index < -0.39 is 0 Å². The number of aryl methyl sites for hydroxylation is 2. The van der Waals surface area contributed by atoms with Crippen LogP contribution in [0.2, 0.25) is 0 Å². The molecule has 1 aliphatic heterocycles. The van der Waals surface area contributed by atoms with Crippen LogP contribution in [0.25, 0.3) is 0 Å². The Morgan fingerprint density at radius 1 is 1.43 bits per heavy atom. The summed E-state index contributed by atoms with van der Waals surface area (Å²) in [7, 11) is 0. The molecule has 1 aromatic heterocycles. The zero-order valence-electron chi connectivity index (χ0n) is 13.0. The molecule has 1 amide bonds. The summed E-state index contributed by atoms with van der Waals surface area (Å²) in [5.74, 6) is -0.512. The van der Waals surface area contributed by atoms with E-state index in [1.807, 2.05) is 13.8 Å². The third-order valence-electron chi connectivity index (χ3n) is 3.83. The second kappa shape index (κ2) is 6.74. The number of esters is 1. The Hall–Kier alpha value is -1.85. The van der Waals surface area contributed by atoms with Crippen molar-refractivity contribution in [1.29, 1.82) is 0 Å². The van der Waals surface area contributed by atoms with Crippen LogP contribution in [-0.4, -0.2) is 46.3 Å². The molecule has 0 bridgehead atoms. The number of likely N-dealkylation sites (tertiary alicyclic amines) is 1. The molecule has 1 aliphatic rings. The Morgan fingerprint density at radius 2 is 2.19 bits per heavy atom. The number of amides is 1. The van der Waals surface area contributed by atoms with Crippen LogP contribution in [0.1, 0.15) is 42.9 Å². The highest BCUT2D eigenvalue weighted by Crippen LogP contribution is 2.20. The first-order valence-corrected chi connectivity index (χ1v) is 7.57. The van der Waals surface area contributed by atoms with Gasteiger partial charge in [-0.05, 0) is 39.7 Å². The van der Waals surface area contributed by atoms with Crippen molar-refractivity contribution in [2.24, 2.45) is 5.92 Å². The van der Waals surface area contributed by atoms with Crippen LogP contribution < -0.4 is 0 Å². The van der Waals surface area contributed by atoms with Gasteiger partial charge in [-0.1, -0.05) is 0 Å². The fourth-order valence-electron chi connectivity index (χ4n) is 2.71. The van der Waals surface area contributed by atoms with Crippen molar-refractivity contribution in [3.8, 4) is 0 Å². The van der Waals surface area contributed by atoms with Crippen LogP contribution in [0.5, 0.6) is 0 Å². The zero-order valence-corrected chi connectivity index (χ0v) is 13.0. The van der Waals surface area contributed by atoms with Crippen LogP contribution >= 0.6 is 0 Å². The van der Waals surface area contributed by atoms with Gasteiger partial charge in [0.25, 0.3) is 5.91 Å². The van der Waals surface area contributed by atoms with Crippen LogP contribution in [0.4, 0.5) is 0 Å². The van der Waals surface area contributed by atoms with E-state index in [0.717, 1.165) is 25.1 Å². The molecule has 1 saturated heterocycles. The van der Waals surface area contributed by atoms with Crippen molar-refractivity contribution in [2.45, 2.75) is 40.2 Å². The number of aromatic nitrogens is 2. The fourth-order valence-corrected chi connectivity index (χ4v) is 2.71. The second-order valence-corrected chi connectivity index (χ2v) is 5.33. The average molecular weight is 293 g/mol. The Kier molecular flexibility index (Phi) is 4.98. The quantitative estimate of drug-likeness (QED) is 0.791. The summed E-state index contributed by atoms with van der Waals surface area (Å²) >= 11 is 0. The molecule has 0 radical (unpaired) electrons. The van der Waals surface area contributed by atoms with Gasteiger partial charge in [-0.15, -0.1) is 0 Å². The summed E-state index contributed by atoms with van der Waals surface area (Å²) in [6.07, 6.45) is 1.60. The van der Waals surface area contributed by atoms with Crippen molar-refractivity contribution in [3.63, 3.8) is 0 Å². The molecular formula is C15H23N3O3. The Bertz CT molecular complexity index is 524. The maximum Gasteiger partial charge on any atom is 0.310 e. The highest BCUT2D eigenvalue weighted by molar-refractivity contribution is 5.92. The van der Waals surface area contributed by atoms with Crippen molar-refractivity contribution in [3.05, 3.63) is 17.5 Å². The highest BCUT2D eigenvalue weighted by Gasteiger charge is 2.30. The highest BCUT2D eigenvalue weighted by atomic mass is 16.5. The smallest absolute Gasteiger partial charge is 0.310 e. The van der Waals surface area contributed by atoms with Crippen LogP contribution in [0.3, 0.4) is 0 Å². The fraction of sp³-hybridized carbons (Fsp3) is 0.667. The Morgan fingerprint density at radius 3 is 2.81 bits per heavy atom. The lowest BCUT2D eigenvalue weighted by Crippen LogP contribution is -2.43. The molecule has 0 aromatic carbocycles. The summed E-state index contributed by atoms with van der Waals surface area (Å²) in [6.45, 7) is 7.94. The van der Waals surface area contributed by atoms with Gasteiger partial charge in [0.1, 0.15) is 0 Å². The number of nitrogens with zero attached hydrogens (tertiary/aromatic N) is 3. The van der Waals surface area contributed by atoms with Gasteiger partial charge in [0.15, 0.2) is 5.69 Å². The Labute approximate surface area is 125 Å². The number of hydrogen-bond acceptors (Lipinski definition) is 4. The predicted molar refractivity (Wildman–Crippen MR) is 77.9 cm³/mol. The van der Waals surface area contributed by atoms with Crippen molar-refractivity contribution >= 4 is 11.9 Å². The summed E-state index contributed by atoms with van der Waals surface area (Å²) in [6, 6.07) is 1.81. The SMILES string of the molecule is CCOC(=O)C1CCCN(C(=O)c2cc(C)n(CC)n2)C1. The van der Waals surface area contributed by atoms with Crippen LogP contribution in [-0.2, 0) is 16.1 Å². The van der Waals surface area contributed by atoms with Gasteiger partial charge in [0.05, 0.1) is 12.5 Å². The first-order valence-electron chi connectivity index (χ1n) is 7.57. The van der Waals surface area contributed by atoms with Gasteiger partial charge in [-0.2, -0.15) is 5.10 Å². The molecule has 2 rings (SSSR count). The normalized spacial score (nSPS) is 18.6. The minimum atomic E-state index is -0.211. The molecule has 0 aliphatic carbocycles. The lowest BCUT2D eigenvalue weighted by atomic mass is 9.98. The van der Waals surface area contributed by atoms with Crippen LogP contribution in [0, 0.1) is 12.8 Å². The van der Waals surface area contributed by atoms with Gasteiger partial charge < -0.3 is 9.64 Å². The maximum absolute atomic E-state index is 12.5. The number of carbonyl (C=O) groups excluding carboxylic acids is 2. The summed E-state index contributed by atoms with van der Waals surface area (Å²) in [4.78, 5) is 26.0. The molecule has 6 heteroatoms. The average Bonchev–Trinajstić information content (AvgIpc) is 2.88. The van der Waals surface area contributed by atoms with E-state index >= 15 is 0 Å². The number of rotatable bonds is 4. The standard InChI is InChI=1S/C15H23N3O3/c1-4-18-11(3)9-13(16-18)14(19)17-8-6-7-12(10-17)15(20)21-5-2/h9,12H,4-8,10H2,1-3H3. The van der Waals surface area contributed by atoms with Crippen molar-refractivity contribution in [2.75, 3.05) is 19.7 Å². The van der Waals surface area contributed by atoms with Crippen LogP contribution in [0.15, 0.2) is 6.07 Å². The molecule has 0 N–H and O–H groups in total. The third kappa shape index (κ3) is 3.43. The summed E-state index contributed by atoms with van der Waals surface area (Å²) in [5.41, 5.74) is 1.43. The van der Waals surface area contributed by atoms with Gasteiger partial charge in [-0.25, -0.2) is 0 Å².